The van der Waals surface area contributed by atoms with Crippen LogP contribution in [-0.2, 0) is 21.2 Å². The maximum Gasteiger partial charge on any atom is 0.240 e. The minimum Gasteiger partial charge on any atom is -0.325 e. The van der Waals surface area contributed by atoms with Gasteiger partial charge in [-0.3, -0.25) is 4.79 Å². The lowest BCUT2D eigenvalue weighted by molar-refractivity contribution is -0.115. The fourth-order valence-corrected chi connectivity index (χ4v) is 4.92. The highest BCUT2D eigenvalue weighted by atomic mass is 32.2. The molecule has 1 aliphatic rings. The molecule has 23 heavy (non-hydrogen) atoms. The zero-order valence-electron chi connectivity index (χ0n) is 12.2. The van der Waals surface area contributed by atoms with Gasteiger partial charge in [-0.1, -0.05) is 6.07 Å². The topological polar surface area (TPSA) is 75.3 Å². The van der Waals surface area contributed by atoms with Gasteiger partial charge in [0.25, 0.3) is 0 Å². The average molecular weight is 369 g/mol. The van der Waals surface area contributed by atoms with Crippen molar-refractivity contribution in [3.63, 3.8) is 0 Å². The molecule has 0 spiro atoms. The largest absolute Gasteiger partial charge is 0.325 e. The number of hydrogen-bond donors (Lipinski definition) is 2. The first-order chi connectivity index (χ1) is 11.0. The van der Waals surface area contributed by atoms with Crippen LogP contribution >= 0.6 is 23.1 Å². The average Bonchev–Trinajstić information content (AvgIpc) is 2.94. The lowest BCUT2D eigenvalue weighted by atomic mass is 10.3. The van der Waals surface area contributed by atoms with Crippen LogP contribution in [0.15, 0.2) is 45.5 Å². The summed E-state index contributed by atoms with van der Waals surface area (Å²) in [5, 5.41) is 4.73. The number of thioether (sulfide) groups is 1. The quantitative estimate of drug-likeness (QED) is 0.851. The van der Waals surface area contributed by atoms with Crippen LogP contribution in [0.1, 0.15) is 11.3 Å². The van der Waals surface area contributed by atoms with Crippen molar-refractivity contribution in [3.8, 4) is 0 Å². The third-order valence-electron chi connectivity index (χ3n) is 3.37. The van der Waals surface area contributed by atoms with E-state index in [1.165, 1.54) is 6.07 Å². The van der Waals surface area contributed by atoms with Crippen LogP contribution < -0.4 is 10.0 Å². The van der Waals surface area contributed by atoms with Crippen LogP contribution in [0.2, 0.25) is 0 Å². The fraction of sp³-hybridized carbons (Fsp3) is 0.267. The molecule has 122 valence electrons. The number of amides is 1. The van der Waals surface area contributed by atoms with Crippen molar-refractivity contribution in [1.82, 2.24) is 4.72 Å². The number of benzene rings is 1. The zero-order chi connectivity index (χ0) is 16.3. The molecule has 0 radical (unpaired) electrons. The highest BCUT2D eigenvalue weighted by Gasteiger charge is 2.19. The first-order valence-corrected chi connectivity index (χ1v) is 10.5. The van der Waals surface area contributed by atoms with E-state index in [-0.39, 0.29) is 10.8 Å². The maximum atomic E-state index is 12.4. The van der Waals surface area contributed by atoms with Gasteiger partial charge in [0, 0.05) is 28.5 Å². The number of fused-ring (bicyclic) bond motifs is 1. The van der Waals surface area contributed by atoms with Crippen molar-refractivity contribution in [3.05, 3.63) is 40.6 Å². The van der Waals surface area contributed by atoms with E-state index in [9.17, 15) is 13.2 Å². The molecule has 5 nitrogen and oxygen atoms in total. The Balaban J connectivity index is 1.73. The molecule has 8 heteroatoms. The van der Waals surface area contributed by atoms with E-state index in [0.29, 0.717) is 30.8 Å². The molecule has 0 unspecified atom stereocenters. The fourth-order valence-electron chi connectivity index (χ4n) is 2.21. The zero-order valence-corrected chi connectivity index (χ0v) is 14.7. The molecule has 1 aliphatic heterocycles. The van der Waals surface area contributed by atoms with E-state index in [1.54, 1.807) is 35.2 Å². The van der Waals surface area contributed by atoms with Gasteiger partial charge < -0.3 is 5.32 Å². The van der Waals surface area contributed by atoms with Gasteiger partial charge in [0.1, 0.15) is 0 Å². The molecule has 2 heterocycles. The molecule has 1 aromatic heterocycles. The summed E-state index contributed by atoms with van der Waals surface area (Å²) in [5.41, 5.74) is 0.568. The van der Waals surface area contributed by atoms with Crippen molar-refractivity contribution in [1.29, 1.82) is 0 Å². The first-order valence-electron chi connectivity index (χ1n) is 7.13. The van der Waals surface area contributed by atoms with Gasteiger partial charge in [-0.2, -0.15) is 0 Å². The van der Waals surface area contributed by atoms with Crippen molar-refractivity contribution >= 4 is 44.7 Å². The standard InChI is InChI=1S/C15H16N2O3S3/c18-15-6-9-22-14-4-3-12(10-13(14)17-15)23(19,20)16-7-5-11-2-1-8-21-11/h1-4,8,10,16H,5-7,9H2,(H,17,18). The minimum atomic E-state index is -3.58. The predicted molar refractivity (Wildman–Crippen MR) is 93.6 cm³/mol. The van der Waals surface area contributed by atoms with E-state index >= 15 is 0 Å². The van der Waals surface area contributed by atoms with E-state index in [0.717, 1.165) is 9.77 Å². The van der Waals surface area contributed by atoms with Crippen LogP contribution in [0.5, 0.6) is 0 Å². The van der Waals surface area contributed by atoms with Crippen LogP contribution in [0.3, 0.4) is 0 Å². The van der Waals surface area contributed by atoms with Crippen molar-refractivity contribution in [2.75, 3.05) is 17.6 Å². The second kappa shape index (κ2) is 7.04. The normalized spacial score (nSPS) is 14.9. The predicted octanol–water partition coefficient (Wildman–Crippen LogP) is 2.70. The number of sulfonamides is 1. The molecule has 2 aromatic rings. The lowest BCUT2D eigenvalue weighted by Gasteiger charge is -2.10. The molecule has 0 saturated carbocycles. The Morgan fingerprint density at radius 1 is 1.26 bits per heavy atom. The van der Waals surface area contributed by atoms with E-state index in [2.05, 4.69) is 10.0 Å². The molecule has 2 N–H and O–H groups in total. The molecule has 0 aliphatic carbocycles. The summed E-state index contributed by atoms with van der Waals surface area (Å²) < 4.78 is 27.4. The summed E-state index contributed by atoms with van der Waals surface area (Å²) in [6.45, 7) is 0.348. The van der Waals surface area contributed by atoms with Crippen molar-refractivity contribution in [2.24, 2.45) is 0 Å². The number of anilines is 1. The molecule has 1 amide bonds. The molecule has 0 saturated heterocycles. The highest BCUT2D eigenvalue weighted by Crippen LogP contribution is 2.32. The number of nitrogens with one attached hydrogen (secondary N) is 2. The summed E-state index contributed by atoms with van der Waals surface area (Å²) in [4.78, 5) is 13.8. The van der Waals surface area contributed by atoms with Crippen LogP contribution in [-0.4, -0.2) is 26.6 Å². The van der Waals surface area contributed by atoms with E-state index in [1.807, 2.05) is 17.5 Å². The second-order valence-electron chi connectivity index (χ2n) is 5.03. The van der Waals surface area contributed by atoms with Gasteiger partial charge in [0.05, 0.1) is 10.6 Å². The molecule has 0 atom stereocenters. The van der Waals surface area contributed by atoms with Crippen molar-refractivity contribution < 1.29 is 13.2 Å². The lowest BCUT2D eigenvalue weighted by Crippen LogP contribution is -2.26. The Labute approximate surface area is 143 Å². The van der Waals surface area contributed by atoms with Gasteiger partial charge in [0.2, 0.25) is 15.9 Å². The Hall–Kier alpha value is -1.35. The van der Waals surface area contributed by atoms with E-state index < -0.39 is 10.0 Å². The van der Waals surface area contributed by atoms with Crippen LogP contribution in [0.4, 0.5) is 5.69 Å². The van der Waals surface area contributed by atoms with Gasteiger partial charge in [-0.15, -0.1) is 23.1 Å². The third kappa shape index (κ3) is 4.14. The third-order valence-corrected chi connectivity index (χ3v) is 6.84. The monoisotopic (exact) mass is 368 g/mol. The number of rotatable bonds is 5. The Morgan fingerprint density at radius 2 is 2.13 bits per heavy atom. The first kappa shape index (κ1) is 16.5. The SMILES string of the molecule is O=C1CCSc2ccc(S(=O)(=O)NCCc3cccs3)cc2N1. The Morgan fingerprint density at radius 3 is 2.91 bits per heavy atom. The second-order valence-corrected chi connectivity index (χ2v) is 8.97. The van der Waals surface area contributed by atoms with Gasteiger partial charge in [-0.05, 0) is 36.1 Å². The Bertz CT molecular complexity index is 801. The van der Waals surface area contributed by atoms with Gasteiger partial charge in [0.15, 0.2) is 0 Å². The number of carbonyl (C=O) groups is 1. The Kier molecular flexibility index (Phi) is 5.05. The maximum absolute atomic E-state index is 12.4. The van der Waals surface area contributed by atoms with Crippen LogP contribution in [0, 0.1) is 0 Å². The number of hydrogen-bond acceptors (Lipinski definition) is 5. The van der Waals surface area contributed by atoms with Crippen LogP contribution in [0.25, 0.3) is 0 Å². The van der Waals surface area contributed by atoms with Crippen molar-refractivity contribution in [2.45, 2.75) is 22.6 Å². The molecule has 0 fully saturated rings. The summed E-state index contributed by atoms with van der Waals surface area (Å²) in [5.74, 6) is 0.612. The summed E-state index contributed by atoms with van der Waals surface area (Å²) in [7, 11) is -3.58. The molecular weight excluding hydrogens is 352 g/mol. The molecular formula is C15H16N2O3S3. The number of thiophene rings is 1. The van der Waals surface area contributed by atoms with Gasteiger partial charge >= 0.3 is 0 Å². The van der Waals surface area contributed by atoms with Gasteiger partial charge in [-0.25, -0.2) is 13.1 Å². The summed E-state index contributed by atoms with van der Waals surface area (Å²) in [6.07, 6.45) is 1.09. The molecule has 3 rings (SSSR count). The summed E-state index contributed by atoms with van der Waals surface area (Å²) >= 11 is 3.16. The minimum absolute atomic E-state index is 0.0866. The molecule has 1 aromatic carbocycles. The highest BCUT2D eigenvalue weighted by molar-refractivity contribution is 7.99. The smallest absolute Gasteiger partial charge is 0.240 e. The number of carbonyl (C=O) groups excluding carboxylic acids is 1. The summed E-state index contributed by atoms with van der Waals surface area (Å²) in [6, 6.07) is 8.78. The molecule has 0 bridgehead atoms. The van der Waals surface area contributed by atoms with E-state index in [4.69, 9.17) is 0 Å².